The molecule has 0 saturated carbocycles. The number of fused-ring (bicyclic) bond motifs is 1. The molecule has 10 nitrogen and oxygen atoms in total. The zero-order chi connectivity index (χ0) is 24.0. The van der Waals surface area contributed by atoms with E-state index >= 15 is 0 Å². The highest BCUT2D eigenvalue weighted by Crippen LogP contribution is 2.37. The molecule has 2 aliphatic heterocycles. The highest BCUT2D eigenvalue weighted by molar-refractivity contribution is 6.25. The van der Waals surface area contributed by atoms with Crippen molar-refractivity contribution < 1.29 is 23.5 Å². The van der Waals surface area contributed by atoms with Gasteiger partial charge in [-0.25, -0.2) is 9.88 Å². The van der Waals surface area contributed by atoms with E-state index in [1.807, 2.05) is 38.1 Å². The molecule has 0 radical (unpaired) electrons. The minimum Gasteiger partial charge on any atom is -0.493 e. The summed E-state index contributed by atoms with van der Waals surface area (Å²) in [4.78, 5) is 32.1. The number of carbonyl (C=O) groups excluding carboxylic acids is 2. The van der Waals surface area contributed by atoms with Crippen LogP contribution in [0.3, 0.4) is 0 Å². The van der Waals surface area contributed by atoms with Gasteiger partial charge in [-0.3, -0.25) is 14.6 Å². The summed E-state index contributed by atoms with van der Waals surface area (Å²) in [6.07, 6.45) is 0. The Bertz CT molecular complexity index is 1300. The zero-order valence-corrected chi connectivity index (χ0v) is 19.2. The van der Waals surface area contributed by atoms with Crippen LogP contribution in [0.5, 0.6) is 11.5 Å². The Labute approximate surface area is 195 Å². The van der Waals surface area contributed by atoms with Gasteiger partial charge in [0.05, 0.1) is 26.5 Å². The van der Waals surface area contributed by atoms with Crippen molar-refractivity contribution in [1.82, 2.24) is 9.99 Å². The molecule has 2 aromatic carbocycles. The maximum atomic E-state index is 13.3. The fraction of sp³-hybridized carbons (Fsp3) is 0.292. The Hall–Kier alpha value is -4.21. The Morgan fingerprint density at radius 3 is 2.41 bits per heavy atom. The molecular formula is C24H23N5O5. The van der Waals surface area contributed by atoms with Crippen LogP contribution < -0.4 is 14.4 Å². The number of methoxy groups -OCH3 is 2. The number of nitrogens with zero attached hydrogens (tertiary/aromatic N) is 5. The van der Waals surface area contributed by atoms with Gasteiger partial charge in [-0.05, 0) is 38.1 Å². The van der Waals surface area contributed by atoms with Gasteiger partial charge < -0.3 is 13.9 Å². The molecule has 1 fully saturated rings. The zero-order valence-electron chi connectivity index (χ0n) is 19.2. The summed E-state index contributed by atoms with van der Waals surface area (Å²) in [5.41, 5.74) is 3.00. The van der Waals surface area contributed by atoms with Crippen LogP contribution in [-0.4, -0.2) is 48.1 Å². The third kappa shape index (κ3) is 3.47. The highest BCUT2D eigenvalue weighted by atomic mass is 16.5. The number of aromatic nitrogens is 1. The van der Waals surface area contributed by atoms with Crippen LogP contribution in [0, 0.1) is 13.8 Å². The van der Waals surface area contributed by atoms with Crippen molar-refractivity contribution in [3.63, 3.8) is 0 Å². The quantitative estimate of drug-likeness (QED) is 0.517. The first-order valence-electron chi connectivity index (χ1n) is 10.7. The van der Waals surface area contributed by atoms with Gasteiger partial charge in [-0.1, -0.05) is 22.9 Å². The molecule has 174 valence electrons. The Morgan fingerprint density at radius 1 is 0.971 bits per heavy atom. The van der Waals surface area contributed by atoms with Gasteiger partial charge >= 0.3 is 0 Å². The summed E-state index contributed by atoms with van der Waals surface area (Å²) < 4.78 is 16.4. The highest BCUT2D eigenvalue weighted by Gasteiger charge is 2.55. The van der Waals surface area contributed by atoms with E-state index in [1.54, 1.807) is 18.2 Å². The smallest absolute Gasteiger partial charge is 0.263 e. The molecule has 34 heavy (non-hydrogen) atoms. The number of rotatable bonds is 6. The van der Waals surface area contributed by atoms with E-state index in [4.69, 9.17) is 13.9 Å². The largest absolute Gasteiger partial charge is 0.493 e. The van der Waals surface area contributed by atoms with Gasteiger partial charge in [0.2, 0.25) is 5.89 Å². The lowest BCUT2D eigenvalue weighted by Gasteiger charge is -2.20. The van der Waals surface area contributed by atoms with E-state index in [2.05, 4.69) is 15.3 Å². The van der Waals surface area contributed by atoms with Crippen molar-refractivity contribution in [3.05, 3.63) is 59.5 Å². The van der Waals surface area contributed by atoms with Crippen molar-refractivity contribution in [2.45, 2.75) is 32.5 Å². The molecule has 2 atom stereocenters. The standard InChI is InChI=1S/C24H23N5O5/c1-13-5-7-15(8-6-13)22-25-17(14(2)34-22)12-28-21-20(26-27-28)23(30)29(24(21)31)16-9-10-18(32-3)19(11-16)33-4/h5-11,20-21H,12H2,1-4H3/t20-,21-/m1/s1. The molecule has 10 heteroatoms. The van der Waals surface area contributed by atoms with Crippen LogP contribution in [0.1, 0.15) is 17.0 Å². The number of aryl methyl sites for hydroxylation is 2. The Balaban J connectivity index is 1.39. The molecule has 2 amide bonds. The first kappa shape index (κ1) is 21.6. The number of carbonyl (C=O) groups is 2. The summed E-state index contributed by atoms with van der Waals surface area (Å²) in [7, 11) is 3.01. The molecule has 0 aliphatic carbocycles. The molecular weight excluding hydrogens is 438 g/mol. The predicted octanol–water partition coefficient (Wildman–Crippen LogP) is 3.47. The fourth-order valence-electron chi connectivity index (χ4n) is 4.12. The van der Waals surface area contributed by atoms with Crippen LogP contribution in [0.15, 0.2) is 57.2 Å². The molecule has 3 aromatic rings. The van der Waals surface area contributed by atoms with Crippen molar-refractivity contribution >= 4 is 17.5 Å². The monoisotopic (exact) mass is 461 g/mol. The Morgan fingerprint density at radius 2 is 1.71 bits per heavy atom. The summed E-state index contributed by atoms with van der Waals surface area (Å²) in [5, 5.41) is 9.69. The number of anilines is 1. The fourth-order valence-corrected chi connectivity index (χ4v) is 4.12. The summed E-state index contributed by atoms with van der Waals surface area (Å²) in [5.74, 6) is 1.16. The van der Waals surface area contributed by atoms with Crippen LogP contribution >= 0.6 is 0 Å². The second-order valence-corrected chi connectivity index (χ2v) is 8.13. The van der Waals surface area contributed by atoms with Crippen LogP contribution in [0.25, 0.3) is 11.5 Å². The van der Waals surface area contributed by atoms with Crippen molar-refractivity contribution in [1.29, 1.82) is 0 Å². The second-order valence-electron chi connectivity index (χ2n) is 8.13. The number of benzene rings is 2. The maximum Gasteiger partial charge on any atom is 0.263 e. The van der Waals surface area contributed by atoms with Gasteiger partial charge in [-0.2, -0.15) is 5.11 Å². The number of oxazole rings is 1. The van der Waals surface area contributed by atoms with Crippen LogP contribution in [-0.2, 0) is 16.1 Å². The minimum absolute atomic E-state index is 0.185. The summed E-state index contributed by atoms with van der Waals surface area (Å²) >= 11 is 0. The van der Waals surface area contributed by atoms with Gasteiger partial charge in [-0.15, -0.1) is 0 Å². The van der Waals surface area contributed by atoms with Crippen molar-refractivity contribution in [3.8, 4) is 23.0 Å². The van der Waals surface area contributed by atoms with E-state index in [1.165, 1.54) is 19.2 Å². The van der Waals surface area contributed by atoms with Gasteiger partial charge in [0.15, 0.2) is 23.6 Å². The van der Waals surface area contributed by atoms with Gasteiger partial charge in [0, 0.05) is 11.6 Å². The number of hydrogen-bond acceptors (Lipinski definition) is 9. The second kappa shape index (κ2) is 8.29. The lowest BCUT2D eigenvalue weighted by atomic mass is 10.1. The molecule has 2 aliphatic rings. The number of amides is 2. The number of ether oxygens (including phenoxy) is 2. The van der Waals surface area contributed by atoms with E-state index < -0.39 is 23.9 Å². The van der Waals surface area contributed by atoms with Gasteiger partial charge in [0.25, 0.3) is 11.8 Å². The van der Waals surface area contributed by atoms with E-state index in [9.17, 15) is 9.59 Å². The Kier molecular flexibility index (Phi) is 5.27. The first-order chi connectivity index (χ1) is 16.4. The first-order valence-corrected chi connectivity index (χ1v) is 10.7. The lowest BCUT2D eigenvalue weighted by Crippen LogP contribution is -2.39. The van der Waals surface area contributed by atoms with Crippen molar-refractivity contribution in [2.75, 3.05) is 19.1 Å². The molecule has 3 heterocycles. The third-order valence-corrected chi connectivity index (χ3v) is 5.99. The van der Waals surface area contributed by atoms with Gasteiger partial charge in [0.1, 0.15) is 11.5 Å². The molecule has 1 saturated heterocycles. The SMILES string of the molecule is COc1ccc(N2C(=O)[C@@H]3N=NN(Cc4nc(-c5ccc(C)cc5)oc4C)[C@H]3C2=O)cc1OC. The minimum atomic E-state index is -0.913. The summed E-state index contributed by atoms with van der Waals surface area (Å²) in [6, 6.07) is 11.0. The van der Waals surface area contributed by atoms with Crippen LogP contribution in [0.4, 0.5) is 5.69 Å². The molecule has 0 spiro atoms. The third-order valence-electron chi connectivity index (χ3n) is 5.99. The average Bonchev–Trinajstić information content (AvgIpc) is 3.49. The summed E-state index contributed by atoms with van der Waals surface area (Å²) in [6.45, 7) is 4.00. The average molecular weight is 461 g/mol. The number of hydrogen-bond donors (Lipinski definition) is 0. The molecule has 0 bridgehead atoms. The topological polar surface area (TPSA) is 110 Å². The van der Waals surface area contributed by atoms with E-state index in [0.29, 0.717) is 34.5 Å². The molecule has 5 rings (SSSR count). The normalized spacial score (nSPS) is 19.2. The number of imide groups is 1. The predicted molar refractivity (Wildman–Crippen MR) is 121 cm³/mol. The lowest BCUT2D eigenvalue weighted by molar-refractivity contribution is -0.123. The van der Waals surface area contributed by atoms with E-state index in [-0.39, 0.29) is 6.54 Å². The van der Waals surface area contributed by atoms with Crippen LogP contribution in [0.2, 0.25) is 0 Å². The maximum absolute atomic E-state index is 13.3. The van der Waals surface area contributed by atoms with E-state index in [0.717, 1.165) is 16.0 Å². The molecule has 0 N–H and O–H groups in total. The molecule has 0 unspecified atom stereocenters. The molecule has 1 aromatic heterocycles. The van der Waals surface area contributed by atoms with Crippen molar-refractivity contribution in [2.24, 2.45) is 10.3 Å².